The number of hydrogen-bond acceptors (Lipinski definition) is 3. The Morgan fingerprint density at radius 2 is 1.20 bits per heavy atom. The van der Waals surface area contributed by atoms with Crippen LogP contribution in [0.4, 0.5) is 0 Å². The molecule has 0 saturated heterocycles. The van der Waals surface area contributed by atoms with Crippen LogP contribution in [-0.4, -0.2) is 42.5 Å². The summed E-state index contributed by atoms with van der Waals surface area (Å²) in [5.41, 5.74) is 0. The van der Waals surface area contributed by atoms with Crippen molar-refractivity contribution >= 4 is 45.2 Å². The first-order valence-corrected chi connectivity index (χ1v) is 5.84. The second kappa shape index (κ2) is 5.92. The minimum atomic E-state index is -1.01. The molecule has 3 nitrogen and oxygen atoms in total. The average Bonchev–Trinajstić information content (AvgIpc) is 2.00. The Morgan fingerprint density at radius 3 is 1.40 bits per heavy atom. The van der Waals surface area contributed by atoms with Crippen LogP contribution in [-0.2, 0) is 0 Å². The monoisotopic (exact) mass is 372 g/mol. The molecule has 0 amide bonds. The van der Waals surface area contributed by atoms with Crippen molar-refractivity contribution in [1.29, 1.82) is 0 Å². The highest BCUT2D eigenvalue weighted by molar-refractivity contribution is 14.1. The molecule has 0 aromatic heterocycles. The van der Waals surface area contributed by atoms with E-state index in [9.17, 15) is 0 Å². The van der Waals surface area contributed by atoms with Gasteiger partial charge < -0.3 is 15.3 Å². The summed E-state index contributed by atoms with van der Waals surface area (Å²) in [4.78, 5) is 0. The van der Waals surface area contributed by atoms with E-state index in [-0.39, 0.29) is 0 Å². The third-order valence-electron chi connectivity index (χ3n) is 1.10. The zero-order chi connectivity index (χ0) is 8.15. The van der Waals surface area contributed by atoms with Crippen LogP contribution in [0.15, 0.2) is 0 Å². The predicted molar refractivity (Wildman–Crippen MR) is 55.8 cm³/mol. The Hall–Kier alpha value is 1.34. The standard InChI is InChI=1S/C5H10I2O3/c6-1-3(8)5(10)4(9)2-7/h3-5,8-10H,1-2H2/t3-,4+,5?. The molecule has 0 aromatic carbocycles. The molecule has 0 heterocycles. The van der Waals surface area contributed by atoms with E-state index in [4.69, 9.17) is 15.3 Å². The molecule has 0 rings (SSSR count). The topological polar surface area (TPSA) is 60.7 Å². The minimum absolute atomic E-state index is 0.437. The normalized spacial score (nSPS) is 20.1. The van der Waals surface area contributed by atoms with E-state index in [0.717, 1.165) is 0 Å². The van der Waals surface area contributed by atoms with Crippen LogP contribution in [0.3, 0.4) is 0 Å². The molecule has 5 heteroatoms. The number of aliphatic hydroxyl groups excluding tert-OH is 3. The maximum Gasteiger partial charge on any atom is 0.107 e. The molecule has 0 saturated carbocycles. The quantitative estimate of drug-likeness (QED) is 0.479. The molecular weight excluding hydrogens is 362 g/mol. The number of aliphatic hydroxyl groups is 3. The number of halogens is 2. The lowest BCUT2D eigenvalue weighted by Gasteiger charge is -2.19. The third kappa shape index (κ3) is 3.65. The smallest absolute Gasteiger partial charge is 0.107 e. The summed E-state index contributed by atoms with van der Waals surface area (Å²) < 4.78 is 0.874. The molecule has 0 aliphatic rings. The van der Waals surface area contributed by atoms with Gasteiger partial charge in [-0.2, -0.15) is 0 Å². The summed E-state index contributed by atoms with van der Waals surface area (Å²) in [7, 11) is 0. The van der Waals surface area contributed by atoms with E-state index in [1.807, 2.05) is 45.2 Å². The van der Waals surface area contributed by atoms with Crippen LogP contribution in [0.5, 0.6) is 0 Å². The van der Waals surface area contributed by atoms with Gasteiger partial charge in [0.1, 0.15) is 6.10 Å². The van der Waals surface area contributed by atoms with Gasteiger partial charge in [0.25, 0.3) is 0 Å². The zero-order valence-electron chi connectivity index (χ0n) is 5.24. The molecule has 0 spiro atoms. The van der Waals surface area contributed by atoms with Crippen LogP contribution in [0.25, 0.3) is 0 Å². The SMILES string of the molecule is OC([C@H](O)CI)[C@@H](O)CI. The molecule has 0 aliphatic heterocycles. The van der Waals surface area contributed by atoms with Crippen molar-refractivity contribution in [3.63, 3.8) is 0 Å². The highest BCUT2D eigenvalue weighted by atomic mass is 127. The van der Waals surface area contributed by atoms with Crippen molar-refractivity contribution < 1.29 is 15.3 Å². The first-order valence-electron chi connectivity index (χ1n) is 2.79. The molecule has 0 bridgehead atoms. The summed E-state index contributed by atoms with van der Waals surface area (Å²) in [6.07, 6.45) is -2.63. The van der Waals surface area contributed by atoms with Crippen LogP contribution in [0, 0.1) is 0 Å². The van der Waals surface area contributed by atoms with Crippen LogP contribution in [0.2, 0.25) is 0 Å². The Balaban J connectivity index is 3.69. The molecule has 0 fully saturated rings. The maximum atomic E-state index is 9.08. The highest BCUT2D eigenvalue weighted by Gasteiger charge is 2.22. The van der Waals surface area contributed by atoms with E-state index in [1.165, 1.54) is 0 Å². The third-order valence-corrected chi connectivity index (χ3v) is 2.91. The van der Waals surface area contributed by atoms with E-state index < -0.39 is 18.3 Å². The lowest BCUT2D eigenvalue weighted by Crippen LogP contribution is -2.39. The van der Waals surface area contributed by atoms with Gasteiger partial charge in [0.2, 0.25) is 0 Å². The fraction of sp³-hybridized carbons (Fsp3) is 1.00. The van der Waals surface area contributed by atoms with Gasteiger partial charge in [0.05, 0.1) is 12.2 Å². The molecule has 10 heavy (non-hydrogen) atoms. The van der Waals surface area contributed by atoms with E-state index >= 15 is 0 Å². The van der Waals surface area contributed by atoms with Crippen molar-refractivity contribution in [3.05, 3.63) is 0 Å². The molecule has 0 aliphatic carbocycles. The summed E-state index contributed by atoms with van der Waals surface area (Å²) >= 11 is 3.91. The van der Waals surface area contributed by atoms with Crippen molar-refractivity contribution in [1.82, 2.24) is 0 Å². The van der Waals surface area contributed by atoms with Crippen molar-refractivity contribution in [2.45, 2.75) is 18.3 Å². The predicted octanol–water partition coefficient (Wildman–Crippen LogP) is -0.0609. The van der Waals surface area contributed by atoms with Crippen LogP contribution >= 0.6 is 45.2 Å². The van der Waals surface area contributed by atoms with Gasteiger partial charge >= 0.3 is 0 Å². The first kappa shape index (κ1) is 11.3. The van der Waals surface area contributed by atoms with Gasteiger partial charge in [0.15, 0.2) is 0 Å². The second-order valence-electron chi connectivity index (χ2n) is 1.93. The highest BCUT2D eigenvalue weighted by Crippen LogP contribution is 2.05. The molecule has 0 radical (unpaired) electrons. The molecule has 3 atom stereocenters. The van der Waals surface area contributed by atoms with Crippen LogP contribution < -0.4 is 0 Å². The average molecular weight is 372 g/mol. The van der Waals surface area contributed by atoms with Crippen LogP contribution in [0.1, 0.15) is 0 Å². The molecule has 1 unspecified atom stereocenters. The first-order chi connectivity index (χ1) is 4.63. The lowest BCUT2D eigenvalue weighted by atomic mass is 10.1. The second-order valence-corrected chi connectivity index (χ2v) is 3.70. The van der Waals surface area contributed by atoms with Gasteiger partial charge in [-0.3, -0.25) is 0 Å². The Kier molecular flexibility index (Phi) is 6.72. The summed E-state index contributed by atoms with van der Waals surface area (Å²) in [5.74, 6) is 0. The molecule has 62 valence electrons. The molecule has 3 N–H and O–H groups in total. The van der Waals surface area contributed by atoms with Crippen molar-refractivity contribution in [2.24, 2.45) is 0 Å². The van der Waals surface area contributed by atoms with Gasteiger partial charge in [-0.25, -0.2) is 0 Å². The lowest BCUT2D eigenvalue weighted by molar-refractivity contribution is -0.0378. The van der Waals surface area contributed by atoms with Crippen molar-refractivity contribution in [3.8, 4) is 0 Å². The number of alkyl halides is 2. The van der Waals surface area contributed by atoms with E-state index in [2.05, 4.69) is 0 Å². The summed E-state index contributed by atoms with van der Waals surface area (Å²) in [5, 5.41) is 27.1. The summed E-state index contributed by atoms with van der Waals surface area (Å²) in [6, 6.07) is 0. The fourth-order valence-corrected chi connectivity index (χ4v) is 1.48. The minimum Gasteiger partial charge on any atom is -0.390 e. The zero-order valence-corrected chi connectivity index (χ0v) is 9.56. The largest absolute Gasteiger partial charge is 0.390 e. The van der Waals surface area contributed by atoms with Gasteiger partial charge in [0, 0.05) is 8.86 Å². The Morgan fingerprint density at radius 1 is 0.900 bits per heavy atom. The van der Waals surface area contributed by atoms with Gasteiger partial charge in [-0.1, -0.05) is 45.2 Å². The molecular formula is C5H10I2O3. The number of rotatable bonds is 4. The fourth-order valence-electron chi connectivity index (χ4n) is 0.439. The Bertz CT molecular complexity index is 81.0. The number of hydrogen-bond donors (Lipinski definition) is 3. The van der Waals surface area contributed by atoms with E-state index in [1.54, 1.807) is 0 Å². The molecule has 0 aromatic rings. The van der Waals surface area contributed by atoms with Crippen molar-refractivity contribution in [2.75, 3.05) is 8.86 Å². The van der Waals surface area contributed by atoms with Gasteiger partial charge in [-0.15, -0.1) is 0 Å². The Labute approximate surface area is 87.1 Å². The summed E-state index contributed by atoms with van der Waals surface area (Å²) in [6.45, 7) is 0. The van der Waals surface area contributed by atoms with E-state index in [0.29, 0.717) is 8.86 Å². The maximum absolute atomic E-state index is 9.08. The van der Waals surface area contributed by atoms with Gasteiger partial charge in [-0.05, 0) is 0 Å².